The molecule has 28 heavy (non-hydrogen) atoms. The van der Waals surface area contributed by atoms with Gasteiger partial charge in [0.25, 0.3) is 0 Å². The lowest BCUT2D eigenvalue weighted by Gasteiger charge is -2.08. The molecule has 0 aromatic heterocycles. The molecule has 0 aliphatic rings. The Balaban J connectivity index is 1.96. The first kappa shape index (κ1) is 24.5. The predicted molar refractivity (Wildman–Crippen MR) is 116 cm³/mol. The van der Waals surface area contributed by atoms with E-state index < -0.39 is 16.0 Å². The van der Waals surface area contributed by atoms with Gasteiger partial charge in [0.15, 0.2) is 0 Å². The quantitative estimate of drug-likeness (QED) is 0.249. The van der Waals surface area contributed by atoms with Crippen LogP contribution in [0.15, 0.2) is 36.4 Å². The van der Waals surface area contributed by atoms with E-state index in [0.29, 0.717) is 23.6 Å². The normalized spacial score (nSPS) is 11.8. The monoisotopic (exact) mass is 429 g/mol. The minimum Gasteiger partial charge on any atom is -0.481 e. The third-order valence-corrected chi connectivity index (χ3v) is 5.95. The van der Waals surface area contributed by atoms with Gasteiger partial charge in [-0.05, 0) is 56.4 Å². The van der Waals surface area contributed by atoms with Gasteiger partial charge in [0, 0.05) is 17.1 Å². The van der Waals surface area contributed by atoms with Crippen molar-refractivity contribution in [3.63, 3.8) is 0 Å². The van der Waals surface area contributed by atoms with Crippen molar-refractivity contribution >= 4 is 33.3 Å². The van der Waals surface area contributed by atoms with Gasteiger partial charge in [-0.15, -0.1) is 0 Å². The summed E-state index contributed by atoms with van der Waals surface area (Å²) in [4.78, 5) is 10.4. The number of carboxylic acid groups (broad SMARTS) is 1. The number of hydrogen-bond acceptors (Lipinski definition) is 3. The van der Waals surface area contributed by atoms with Gasteiger partial charge in [0.2, 0.25) is 10.0 Å². The largest absolute Gasteiger partial charge is 0.481 e. The fourth-order valence-corrected chi connectivity index (χ4v) is 4.10. The van der Waals surface area contributed by atoms with Gasteiger partial charge in [0.1, 0.15) is 0 Å². The molecule has 0 atom stereocenters. The first-order valence-corrected chi connectivity index (χ1v) is 12.0. The topological polar surface area (TPSA) is 83.5 Å². The molecule has 1 rings (SSSR count). The van der Waals surface area contributed by atoms with Gasteiger partial charge in [-0.3, -0.25) is 9.52 Å². The number of hydrogen-bond donors (Lipinski definition) is 2. The predicted octanol–water partition coefficient (Wildman–Crippen LogP) is 6.01. The molecular formula is C21H32ClNO4S. The molecular weight excluding hydrogens is 398 g/mol. The third-order valence-electron chi connectivity index (χ3n) is 4.33. The molecule has 7 heteroatoms. The molecule has 0 aliphatic heterocycles. The zero-order valence-corrected chi connectivity index (χ0v) is 18.0. The Labute approximate surface area is 174 Å². The zero-order valence-electron chi connectivity index (χ0n) is 16.4. The lowest BCUT2D eigenvalue weighted by molar-refractivity contribution is -0.137. The number of nitrogens with one attached hydrogen (secondary N) is 1. The summed E-state index contributed by atoms with van der Waals surface area (Å²) in [5.41, 5.74) is 0.542. The third kappa shape index (κ3) is 13.6. The van der Waals surface area contributed by atoms with Crippen molar-refractivity contribution in [3.8, 4) is 0 Å². The second-order valence-electron chi connectivity index (χ2n) is 6.95. The molecule has 0 unspecified atom stereocenters. The van der Waals surface area contributed by atoms with Crippen LogP contribution in [0.1, 0.15) is 70.6 Å². The van der Waals surface area contributed by atoms with Crippen LogP contribution >= 0.6 is 11.6 Å². The zero-order chi connectivity index (χ0) is 20.7. The van der Waals surface area contributed by atoms with Gasteiger partial charge in [0.05, 0.1) is 5.75 Å². The highest BCUT2D eigenvalue weighted by molar-refractivity contribution is 7.92. The van der Waals surface area contributed by atoms with E-state index in [1.807, 2.05) is 0 Å². The molecule has 0 heterocycles. The molecule has 0 amide bonds. The fourth-order valence-electron chi connectivity index (χ4n) is 2.79. The number of benzene rings is 1. The van der Waals surface area contributed by atoms with E-state index in [1.165, 1.54) is 12.8 Å². The van der Waals surface area contributed by atoms with E-state index in [-0.39, 0.29) is 12.2 Å². The Kier molecular flexibility index (Phi) is 12.7. The van der Waals surface area contributed by atoms with Crippen LogP contribution in [0.2, 0.25) is 5.02 Å². The van der Waals surface area contributed by atoms with Crippen LogP contribution in [-0.4, -0.2) is 25.2 Å². The number of rotatable bonds is 16. The van der Waals surface area contributed by atoms with Crippen LogP contribution in [0.25, 0.3) is 0 Å². The van der Waals surface area contributed by atoms with Gasteiger partial charge in [-0.1, -0.05) is 55.9 Å². The van der Waals surface area contributed by atoms with Crippen molar-refractivity contribution < 1.29 is 18.3 Å². The fraction of sp³-hybridized carbons (Fsp3) is 0.571. The summed E-state index contributed by atoms with van der Waals surface area (Å²) < 4.78 is 26.7. The van der Waals surface area contributed by atoms with Gasteiger partial charge < -0.3 is 5.11 Å². The Bertz CT molecular complexity index is 687. The number of allylic oxidation sites excluding steroid dienone is 2. The molecule has 0 fully saturated rings. The lowest BCUT2D eigenvalue weighted by Crippen LogP contribution is -2.16. The van der Waals surface area contributed by atoms with Crippen LogP contribution in [0, 0.1) is 0 Å². The molecule has 1 aromatic carbocycles. The number of carboxylic acids is 1. The van der Waals surface area contributed by atoms with Gasteiger partial charge >= 0.3 is 5.97 Å². The van der Waals surface area contributed by atoms with Crippen LogP contribution in [0.4, 0.5) is 5.69 Å². The molecule has 0 saturated carbocycles. The van der Waals surface area contributed by atoms with E-state index in [9.17, 15) is 13.2 Å². The first-order valence-electron chi connectivity index (χ1n) is 10.0. The van der Waals surface area contributed by atoms with Gasteiger partial charge in [-0.2, -0.15) is 0 Å². The van der Waals surface area contributed by atoms with Crippen LogP contribution in [-0.2, 0) is 14.8 Å². The highest BCUT2D eigenvalue weighted by Crippen LogP contribution is 2.16. The van der Waals surface area contributed by atoms with Crippen molar-refractivity contribution in [2.75, 3.05) is 10.5 Å². The second kappa shape index (κ2) is 14.5. The highest BCUT2D eigenvalue weighted by Gasteiger charge is 2.09. The molecule has 2 N–H and O–H groups in total. The summed E-state index contributed by atoms with van der Waals surface area (Å²) in [5.74, 6) is -0.591. The van der Waals surface area contributed by atoms with E-state index in [4.69, 9.17) is 16.7 Å². The van der Waals surface area contributed by atoms with Crippen LogP contribution in [0.3, 0.4) is 0 Å². The number of sulfonamides is 1. The summed E-state index contributed by atoms with van der Waals surface area (Å²) in [6, 6.07) is 6.64. The van der Waals surface area contributed by atoms with Crippen molar-refractivity contribution in [1.82, 2.24) is 0 Å². The molecule has 0 bridgehead atoms. The first-order chi connectivity index (χ1) is 13.4. The number of anilines is 1. The minimum atomic E-state index is -3.30. The Morgan fingerprint density at radius 3 is 2.04 bits per heavy atom. The molecule has 0 aliphatic carbocycles. The maximum absolute atomic E-state index is 12.0. The van der Waals surface area contributed by atoms with Crippen molar-refractivity contribution in [2.24, 2.45) is 0 Å². The molecule has 5 nitrogen and oxygen atoms in total. The van der Waals surface area contributed by atoms with Crippen LogP contribution in [0.5, 0.6) is 0 Å². The summed E-state index contributed by atoms with van der Waals surface area (Å²) in [5, 5.41) is 9.12. The molecule has 0 saturated heterocycles. The number of halogens is 1. The Hall–Kier alpha value is -1.53. The minimum absolute atomic E-state index is 0.141. The molecule has 0 spiro atoms. The van der Waals surface area contributed by atoms with E-state index in [1.54, 1.807) is 24.3 Å². The highest BCUT2D eigenvalue weighted by atomic mass is 35.5. The SMILES string of the molecule is O=C(O)CCC/C=C\CCCCCCCCCS(=O)(=O)Nc1ccc(Cl)cc1. The van der Waals surface area contributed by atoms with Crippen molar-refractivity contribution in [3.05, 3.63) is 41.4 Å². The van der Waals surface area contributed by atoms with Gasteiger partial charge in [-0.25, -0.2) is 8.42 Å². The second-order valence-corrected chi connectivity index (χ2v) is 9.23. The number of aliphatic carboxylic acids is 1. The lowest BCUT2D eigenvalue weighted by atomic mass is 10.1. The summed E-state index contributed by atoms with van der Waals surface area (Å²) >= 11 is 5.79. The van der Waals surface area contributed by atoms with Crippen LogP contribution < -0.4 is 4.72 Å². The molecule has 0 radical (unpaired) electrons. The smallest absolute Gasteiger partial charge is 0.303 e. The maximum Gasteiger partial charge on any atom is 0.303 e. The van der Waals surface area contributed by atoms with E-state index >= 15 is 0 Å². The average molecular weight is 430 g/mol. The summed E-state index contributed by atoms with van der Waals surface area (Å²) in [6.45, 7) is 0. The Morgan fingerprint density at radius 2 is 1.43 bits per heavy atom. The van der Waals surface area contributed by atoms with Crippen molar-refractivity contribution in [2.45, 2.75) is 70.6 Å². The standard InChI is InChI=1S/C21H32ClNO4S/c22-19-14-16-20(17-15-19)23-28(26,27)18-12-10-8-6-4-2-1-3-5-7-9-11-13-21(24)25/h5,7,14-17,23H,1-4,6,8-13,18H2,(H,24,25)/b7-5-. The molecule has 158 valence electrons. The number of carbonyl (C=O) groups is 1. The average Bonchev–Trinajstić information content (AvgIpc) is 2.63. The van der Waals surface area contributed by atoms with E-state index in [0.717, 1.165) is 38.5 Å². The maximum atomic E-state index is 12.0. The summed E-state index contributed by atoms with van der Waals surface area (Å²) in [6.07, 6.45) is 14.3. The Morgan fingerprint density at radius 1 is 0.893 bits per heavy atom. The summed E-state index contributed by atoms with van der Waals surface area (Å²) in [7, 11) is -3.30. The van der Waals surface area contributed by atoms with E-state index in [2.05, 4.69) is 16.9 Å². The molecule has 1 aromatic rings. The number of unbranched alkanes of at least 4 members (excludes halogenated alkanes) is 8. The van der Waals surface area contributed by atoms with Crippen molar-refractivity contribution in [1.29, 1.82) is 0 Å².